The third-order valence-corrected chi connectivity index (χ3v) is 5.27. The average Bonchev–Trinajstić information content (AvgIpc) is 2.60. The number of carbonyl (C=O) groups is 2. The van der Waals surface area contributed by atoms with Crippen LogP contribution in [0.1, 0.15) is 45.1 Å². The molecule has 27 heavy (non-hydrogen) atoms. The summed E-state index contributed by atoms with van der Waals surface area (Å²) in [5.74, 6) is -0.441. The van der Waals surface area contributed by atoms with Crippen molar-refractivity contribution in [3.05, 3.63) is 29.8 Å². The molecule has 152 valence electrons. The number of piperidine rings is 1. The van der Waals surface area contributed by atoms with E-state index in [-0.39, 0.29) is 36.9 Å². The zero-order valence-electron chi connectivity index (χ0n) is 16.6. The van der Waals surface area contributed by atoms with Crippen molar-refractivity contribution in [2.75, 3.05) is 32.0 Å². The minimum Gasteiger partial charge on any atom is -0.480 e. The summed E-state index contributed by atoms with van der Waals surface area (Å²) >= 11 is 0. The lowest BCUT2D eigenvalue weighted by Gasteiger charge is -2.38. The quantitative estimate of drug-likeness (QED) is 0.739. The molecule has 7 heteroatoms. The summed E-state index contributed by atoms with van der Waals surface area (Å²) in [7, 11) is 1.85. The molecule has 0 bridgehead atoms. The number of rotatable bonds is 7. The van der Waals surface area contributed by atoms with Gasteiger partial charge in [-0.3, -0.25) is 19.4 Å². The van der Waals surface area contributed by atoms with Gasteiger partial charge in [0.15, 0.2) is 0 Å². The van der Waals surface area contributed by atoms with Crippen molar-refractivity contribution in [1.82, 2.24) is 9.80 Å². The van der Waals surface area contributed by atoms with Crippen molar-refractivity contribution in [3.8, 4) is 0 Å². The number of amides is 1. The van der Waals surface area contributed by atoms with Crippen LogP contribution in [-0.2, 0) is 9.59 Å². The van der Waals surface area contributed by atoms with Crippen LogP contribution in [0.25, 0.3) is 0 Å². The minimum absolute atomic E-state index is 0. The molecule has 0 aliphatic carbocycles. The highest BCUT2D eigenvalue weighted by atomic mass is 35.5. The maximum absolute atomic E-state index is 12.7. The van der Waals surface area contributed by atoms with E-state index in [0.717, 1.165) is 37.2 Å². The smallest absolute Gasteiger partial charge is 0.317 e. The molecule has 6 nitrogen and oxygen atoms in total. The molecule has 0 saturated carbocycles. The first-order valence-corrected chi connectivity index (χ1v) is 9.35. The standard InChI is InChI=1S/C20H31N3O3.ClH/c1-14(2)17-7-5-6-8-18(17)21-20(26)15(3)23-11-9-16(10-12-23)22(4)13-19(24)25;/h5-8,14-16H,9-13H2,1-4H3,(H,21,26)(H,24,25);1H. The summed E-state index contributed by atoms with van der Waals surface area (Å²) in [6.45, 7) is 7.84. The fraction of sp³-hybridized carbons (Fsp3) is 0.600. The Bertz CT molecular complexity index is 631. The van der Waals surface area contributed by atoms with Gasteiger partial charge in [0.1, 0.15) is 0 Å². The second-order valence-electron chi connectivity index (χ2n) is 7.48. The van der Waals surface area contributed by atoms with Crippen LogP contribution < -0.4 is 5.32 Å². The van der Waals surface area contributed by atoms with E-state index >= 15 is 0 Å². The van der Waals surface area contributed by atoms with Gasteiger partial charge in [-0.25, -0.2) is 0 Å². The summed E-state index contributed by atoms with van der Waals surface area (Å²) in [5.41, 5.74) is 2.03. The van der Waals surface area contributed by atoms with Gasteiger partial charge in [0.2, 0.25) is 5.91 Å². The molecule has 1 heterocycles. The molecule has 1 unspecified atom stereocenters. The predicted octanol–water partition coefficient (Wildman–Crippen LogP) is 3.04. The number of carboxylic acid groups (broad SMARTS) is 1. The number of hydrogen-bond donors (Lipinski definition) is 2. The second kappa shape index (κ2) is 10.6. The predicted molar refractivity (Wildman–Crippen MR) is 111 cm³/mol. The van der Waals surface area contributed by atoms with Crippen molar-refractivity contribution in [3.63, 3.8) is 0 Å². The lowest BCUT2D eigenvalue weighted by atomic mass is 10.0. The molecule has 0 aromatic heterocycles. The number of anilines is 1. The Kier molecular flexibility index (Phi) is 9.22. The van der Waals surface area contributed by atoms with E-state index in [2.05, 4.69) is 30.1 Å². The van der Waals surface area contributed by atoms with Gasteiger partial charge in [-0.15, -0.1) is 12.4 Å². The molecular formula is C20H32ClN3O3. The number of likely N-dealkylation sites (N-methyl/N-ethyl adjacent to an activating group) is 1. The second-order valence-corrected chi connectivity index (χ2v) is 7.48. The molecule has 1 aromatic carbocycles. The largest absolute Gasteiger partial charge is 0.480 e. The Morgan fingerprint density at radius 3 is 2.37 bits per heavy atom. The molecule has 2 N–H and O–H groups in total. The number of hydrogen-bond acceptors (Lipinski definition) is 4. The maximum atomic E-state index is 12.7. The number of carbonyl (C=O) groups excluding carboxylic acids is 1. The number of nitrogens with one attached hydrogen (secondary N) is 1. The van der Waals surface area contributed by atoms with Crippen LogP contribution in [-0.4, -0.2) is 65.5 Å². The van der Waals surface area contributed by atoms with Crippen LogP contribution >= 0.6 is 12.4 Å². The Hall–Kier alpha value is -1.63. The van der Waals surface area contributed by atoms with Crippen molar-refractivity contribution < 1.29 is 14.7 Å². The van der Waals surface area contributed by atoms with Gasteiger partial charge in [0.05, 0.1) is 12.6 Å². The van der Waals surface area contributed by atoms with Gasteiger partial charge in [-0.1, -0.05) is 32.0 Å². The van der Waals surface area contributed by atoms with E-state index in [1.807, 2.05) is 37.1 Å². The molecule has 1 atom stereocenters. The van der Waals surface area contributed by atoms with Gasteiger partial charge in [0.25, 0.3) is 0 Å². The molecule has 0 spiro atoms. The molecule has 1 fully saturated rings. The van der Waals surface area contributed by atoms with Crippen LogP contribution in [0, 0.1) is 0 Å². The monoisotopic (exact) mass is 397 g/mol. The van der Waals surface area contributed by atoms with Gasteiger partial charge in [0, 0.05) is 24.8 Å². The van der Waals surface area contributed by atoms with E-state index < -0.39 is 5.97 Å². The first-order valence-electron chi connectivity index (χ1n) is 9.35. The zero-order valence-corrected chi connectivity index (χ0v) is 17.5. The fourth-order valence-corrected chi connectivity index (χ4v) is 3.57. The summed E-state index contributed by atoms with van der Waals surface area (Å²) in [6.07, 6.45) is 1.76. The molecule has 1 aliphatic rings. The Morgan fingerprint density at radius 1 is 1.22 bits per heavy atom. The summed E-state index contributed by atoms with van der Waals surface area (Å²) < 4.78 is 0. The van der Waals surface area contributed by atoms with E-state index in [9.17, 15) is 9.59 Å². The lowest BCUT2D eigenvalue weighted by Crippen LogP contribution is -2.50. The average molecular weight is 398 g/mol. The van der Waals surface area contributed by atoms with E-state index in [1.165, 1.54) is 0 Å². The molecule has 1 amide bonds. The van der Waals surface area contributed by atoms with Crippen molar-refractivity contribution in [2.24, 2.45) is 0 Å². The Morgan fingerprint density at radius 2 is 1.81 bits per heavy atom. The molecule has 2 rings (SSSR count). The molecule has 1 saturated heterocycles. The number of likely N-dealkylation sites (tertiary alicyclic amines) is 1. The number of benzene rings is 1. The van der Waals surface area contributed by atoms with Gasteiger partial charge < -0.3 is 10.4 Å². The summed E-state index contributed by atoms with van der Waals surface area (Å²) in [5, 5.41) is 12.0. The zero-order chi connectivity index (χ0) is 19.3. The van der Waals surface area contributed by atoms with Crippen LogP contribution in [0.5, 0.6) is 0 Å². The number of carboxylic acids is 1. The number of aliphatic carboxylic acids is 1. The Balaban J connectivity index is 0.00000364. The first kappa shape index (κ1) is 23.4. The van der Waals surface area contributed by atoms with Crippen LogP contribution in [0.4, 0.5) is 5.69 Å². The van der Waals surface area contributed by atoms with Crippen molar-refractivity contribution >= 4 is 30.0 Å². The SMILES string of the molecule is CC(C)c1ccccc1NC(=O)C(C)N1CCC(N(C)CC(=O)O)CC1.Cl. The molecular weight excluding hydrogens is 366 g/mol. The number of para-hydroxylation sites is 1. The van der Waals surface area contributed by atoms with Gasteiger partial charge in [-0.2, -0.15) is 0 Å². The van der Waals surface area contributed by atoms with E-state index in [0.29, 0.717) is 5.92 Å². The fourth-order valence-electron chi connectivity index (χ4n) is 3.57. The molecule has 1 aromatic rings. The first-order chi connectivity index (χ1) is 12.3. The highest BCUT2D eigenvalue weighted by molar-refractivity contribution is 5.95. The van der Waals surface area contributed by atoms with E-state index in [4.69, 9.17) is 5.11 Å². The lowest BCUT2D eigenvalue weighted by molar-refractivity contribution is -0.138. The van der Waals surface area contributed by atoms with Crippen LogP contribution in [0.2, 0.25) is 0 Å². The van der Waals surface area contributed by atoms with Gasteiger partial charge in [-0.05, 0) is 44.4 Å². The highest BCUT2D eigenvalue weighted by Crippen LogP contribution is 2.24. The topological polar surface area (TPSA) is 72.9 Å². The minimum atomic E-state index is -0.800. The maximum Gasteiger partial charge on any atom is 0.317 e. The Labute approximate surface area is 168 Å². The third-order valence-electron chi connectivity index (χ3n) is 5.27. The molecule has 1 aliphatic heterocycles. The highest BCUT2D eigenvalue weighted by Gasteiger charge is 2.29. The summed E-state index contributed by atoms with van der Waals surface area (Å²) in [4.78, 5) is 27.6. The van der Waals surface area contributed by atoms with Gasteiger partial charge >= 0.3 is 5.97 Å². The molecule has 0 radical (unpaired) electrons. The number of nitrogens with zero attached hydrogens (tertiary/aromatic N) is 2. The third kappa shape index (κ3) is 6.48. The van der Waals surface area contributed by atoms with E-state index in [1.54, 1.807) is 0 Å². The van der Waals surface area contributed by atoms with Crippen molar-refractivity contribution in [2.45, 2.75) is 51.6 Å². The van der Waals surface area contributed by atoms with Crippen LogP contribution in [0.15, 0.2) is 24.3 Å². The summed E-state index contributed by atoms with van der Waals surface area (Å²) in [6, 6.07) is 7.99. The normalized spacial score (nSPS) is 16.8. The van der Waals surface area contributed by atoms with Crippen molar-refractivity contribution in [1.29, 1.82) is 0 Å². The van der Waals surface area contributed by atoms with Crippen LogP contribution in [0.3, 0.4) is 0 Å². The number of halogens is 1.